The molecule has 5 nitrogen and oxygen atoms in total. The summed E-state index contributed by atoms with van der Waals surface area (Å²) >= 11 is 0. The van der Waals surface area contributed by atoms with Gasteiger partial charge < -0.3 is 5.32 Å². The molecule has 0 spiro atoms. The van der Waals surface area contributed by atoms with E-state index >= 15 is 0 Å². The van der Waals surface area contributed by atoms with Crippen molar-refractivity contribution >= 4 is 17.7 Å². The molecule has 144 valence electrons. The van der Waals surface area contributed by atoms with Crippen LogP contribution in [0.1, 0.15) is 38.7 Å². The minimum Gasteiger partial charge on any atom is -0.350 e. The standard InChI is InChI=1S/C21H25FN2O3/c1-13(2)11-18(19(25)23-12-14-7-3-6-10-17(14)22)24-20(26)15-8-4-5-9-16(15)21(24)27/h3-7,10,13,15-16,18H,8-9,11-12H2,1-2H3,(H,23,25). The number of hydrogen-bond acceptors (Lipinski definition) is 3. The Kier molecular flexibility index (Phi) is 5.73. The number of amides is 3. The van der Waals surface area contributed by atoms with Crippen molar-refractivity contribution in [2.24, 2.45) is 17.8 Å². The van der Waals surface area contributed by atoms with E-state index in [1.54, 1.807) is 18.2 Å². The average molecular weight is 372 g/mol. The Morgan fingerprint density at radius 3 is 2.30 bits per heavy atom. The molecule has 3 rings (SSSR count). The van der Waals surface area contributed by atoms with Crippen LogP contribution in [0.2, 0.25) is 0 Å². The summed E-state index contributed by atoms with van der Waals surface area (Å²) in [6.07, 6.45) is 5.30. The van der Waals surface area contributed by atoms with Crippen molar-refractivity contribution in [3.63, 3.8) is 0 Å². The fraction of sp³-hybridized carbons (Fsp3) is 0.476. The zero-order valence-corrected chi connectivity index (χ0v) is 15.7. The molecule has 3 amide bonds. The predicted molar refractivity (Wildman–Crippen MR) is 98.7 cm³/mol. The van der Waals surface area contributed by atoms with Gasteiger partial charge in [0.05, 0.1) is 11.8 Å². The van der Waals surface area contributed by atoms with E-state index in [0.717, 1.165) is 0 Å². The maximum absolute atomic E-state index is 13.8. The quantitative estimate of drug-likeness (QED) is 0.617. The van der Waals surface area contributed by atoms with Gasteiger partial charge in [-0.3, -0.25) is 19.3 Å². The van der Waals surface area contributed by atoms with Crippen molar-refractivity contribution in [3.8, 4) is 0 Å². The van der Waals surface area contributed by atoms with Gasteiger partial charge in [0.15, 0.2) is 0 Å². The van der Waals surface area contributed by atoms with E-state index in [4.69, 9.17) is 0 Å². The first kappa shape index (κ1) is 19.3. The molecule has 1 fully saturated rings. The van der Waals surface area contributed by atoms with E-state index in [0.29, 0.717) is 24.8 Å². The summed E-state index contributed by atoms with van der Waals surface area (Å²) in [4.78, 5) is 39.7. The summed E-state index contributed by atoms with van der Waals surface area (Å²) in [6, 6.07) is 5.35. The highest BCUT2D eigenvalue weighted by Crippen LogP contribution is 2.37. The second-order valence-electron chi connectivity index (χ2n) is 7.66. The van der Waals surface area contributed by atoms with Crippen LogP contribution in [0, 0.1) is 23.6 Å². The third kappa shape index (κ3) is 3.94. The van der Waals surface area contributed by atoms with Crippen LogP contribution in [0.15, 0.2) is 36.4 Å². The summed E-state index contributed by atoms with van der Waals surface area (Å²) < 4.78 is 13.8. The lowest BCUT2D eigenvalue weighted by Gasteiger charge is -2.27. The minimum absolute atomic E-state index is 0.0186. The Morgan fingerprint density at radius 2 is 1.74 bits per heavy atom. The van der Waals surface area contributed by atoms with Crippen molar-refractivity contribution in [2.75, 3.05) is 0 Å². The van der Waals surface area contributed by atoms with Gasteiger partial charge in [-0.05, 0) is 31.2 Å². The zero-order valence-electron chi connectivity index (χ0n) is 15.7. The molecule has 0 radical (unpaired) electrons. The van der Waals surface area contributed by atoms with Crippen LogP contribution in [0.4, 0.5) is 4.39 Å². The maximum atomic E-state index is 13.8. The number of benzene rings is 1. The molecule has 1 aromatic carbocycles. The van der Waals surface area contributed by atoms with E-state index in [2.05, 4.69) is 5.32 Å². The Bertz CT molecular complexity index is 748. The van der Waals surface area contributed by atoms with Crippen LogP contribution in [0.3, 0.4) is 0 Å². The number of likely N-dealkylation sites (tertiary alicyclic amines) is 1. The number of nitrogens with zero attached hydrogens (tertiary/aromatic N) is 1. The Labute approximate surface area is 158 Å². The number of carbonyl (C=O) groups is 3. The van der Waals surface area contributed by atoms with E-state index in [9.17, 15) is 18.8 Å². The monoisotopic (exact) mass is 372 g/mol. The molecule has 1 N–H and O–H groups in total. The number of nitrogens with one attached hydrogen (secondary N) is 1. The molecule has 2 aliphatic rings. The molecule has 0 aromatic heterocycles. The second kappa shape index (κ2) is 8.03. The summed E-state index contributed by atoms with van der Waals surface area (Å²) in [7, 11) is 0. The molecule has 1 aromatic rings. The van der Waals surface area contributed by atoms with Gasteiger partial charge in [0.2, 0.25) is 17.7 Å². The van der Waals surface area contributed by atoms with Gasteiger partial charge in [0.25, 0.3) is 0 Å². The lowest BCUT2D eigenvalue weighted by Crippen LogP contribution is -2.50. The molecule has 3 atom stereocenters. The normalized spacial score (nSPS) is 22.9. The van der Waals surface area contributed by atoms with Crippen molar-refractivity contribution < 1.29 is 18.8 Å². The smallest absolute Gasteiger partial charge is 0.243 e. The number of allylic oxidation sites excluding steroid dienone is 2. The van der Waals surface area contributed by atoms with Gasteiger partial charge in [-0.15, -0.1) is 0 Å². The molecule has 1 aliphatic heterocycles. The summed E-state index contributed by atoms with van der Waals surface area (Å²) in [5.41, 5.74) is 0.367. The lowest BCUT2D eigenvalue weighted by molar-refractivity contribution is -0.148. The summed E-state index contributed by atoms with van der Waals surface area (Å²) in [5.74, 6) is -1.95. The summed E-state index contributed by atoms with van der Waals surface area (Å²) in [6.45, 7) is 3.90. The van der Waals surface area contributed by atoms with Crippen LogP contribution in [0.5, 0.6) is 0 Å². The van der Waals surface area contributed by atoms with Gasteiger partial charge in [0.1, 0.15) is 11.9 Å². The Morgan fingerprint density at radius 1 is 1.15 bits per heavy atom. The van der Waals surface area contributed by atoms with Crippen LogP contribution in [-0.2, 0) is 20.9 Å². The van der Waals surface area contributed by atoms with Crippen LogP contribution in [-0.4, -0.2) is 28.7 Å². The van der Waals surface area contributed by atoms with Gasteiger partial charge >= 0.3 is 0 Å². The molecule has 27 heavy (non-hydrogen) atoms. The Balaban J connectivity index is 1.77. The highest BCUT2D eigenvalue weighted by atomic mass is 19.1. The fourth-order valence-corrected chi connectivity index (χ4v) is 3.85. The van der Waals surface area contributed by atoms with Crippen LogP contribution >= 0.6 is 0 Å². The first-order valence-corrected chi connectivity index (χ1v) is 9.43. The first-order valence-electron chi connectivity index (χ1n) is 9.43. The molecule has 1 aliphatic carbocycles. The number of carbonyl (C=O) groups excluding carboxylic acids is 3. The van der Waals surface area contributed by atoms with Crippen molar-refractivity contribution in [1.82, 2.24) is 10.2 Å². The third-order valence-corrected chi connectivity index (χ3v) is 5.26. The van der Waals surface area contributed by atoms with Crippen LogP contribution in [0.25, 0.3) is 0 Å². The molecule has 3 unspecified atom stereocenters. The van der Waals surface area contributed by atoms with Gasteiger partial charge in [-0.1, -0.05) is 44.2 Å². The van der Waals surface area contributed by atoms with Crippen molar-refractivity contribution in [3.05, 3.63) is 47.8 Å². The fourth-order valence-electron chi connectivity index (χ4n) is 3.85. The predicted octanol–water partition coefficient (Wildman–Crippen LogP) is 2.81. The zero-order chi connectivity index (χ0) is 19.6. The van der Waals surface area contributed by atoms with Gasteiger partial charge in [-0.25, -0.2) is 4.39 Å². The van der Waals surface area contributed by atoms with E-state index in [1.165, 1.54) is 11.0 Å². The molecule has 1 heterocycles. The largest absolute Gasteiger partial charge is 0.350 e. The van der Waals surface area contributed by atoms with Gasteiger partial charge in [0, 0.05) is 12.1 Å². The topological polar surface area (TPSA) is 66.5 Å². The van der Waals surface area contributed by atoms with Crippen molar-refractivity contribution in [2.45, 2.75) is 45.7 Å². The second-order valence-corrected chi connectivity index (χ2v) is 7.66. The maximum Gasteiger partial charge on any atom is 0.243 e. The highest BCUT2D eigenvalue weighted by Gasteiger charge is 2.51. The molecule has 1 saturated heterocycles. The molecular weight excluding hydrogens is 347 g/mol. The van der Waals surface area contributed by atoms with Crippen molar-refractivity contribution in [1.29, 1.82) is 0 Å². The summed E-state index contributed by atoms with van der Waals surface area (Å²) in [5, 5.41) is 2.70. The number of fused-ring (bicyclic) bond motifs is 1. The molecular formula is C21H25FN2O3. The number of rotatable bonds is 6. The third-order valence-electron chi connectivity index (χ3n) is 5.26. The first-order chi connectivity index (χ1) is 12.9. The van der Waals surface area contributed by atoms with E-state index in [1.807, 2.05) is 26.0 Å². The van der Waals surface area contributed by atoms with E-state index < -0.39 is 17.8 Å². The highest BCUT2D eigenvalue weighted by molar-refractivity contribution is 6.08. The minimum atomic E-state index is -0.859. The average Bonchev–Trinajstić information content (AvgIpc) is 2.90. The molecule has 6 heteroatoms. The molecule has 0 bridgehead atoms. The lowest BCUT2D eigenvalue weighted by atomic mass is 9.85. The van der Waals surface area contributed by atoms with Gasteiger partial charge in [-0.2, -0.15) is 0 Å². The van der Waals surface area contributed by atoms with Crippen LogP contribution < -0.4 is 5.32 Å². The number of hydrogen-bond donors (Lipinski definition) is 1. The number of halogens is 1. The molecule has 0 saturated carbocycles. The number of imide groups is 1. The van der Waals surface area contributed by atoms with E-state index in [-0.39, 0.29) is 36.1 Å². The Hall–Kier alpha value is -2.50. The SMILES string of the molecule is CC(C)CC(C(=O)NCc1ccccc1F)N1C(=O)C2CC=CCC2C1=O.